The maximum absolute atomic E-state index is 12.4. The van der Waals surface area contributed by atoms with E-state index < -0.39 is 13.1 Å². The Hall–Kier alpha value is -3.15. The van der Waals surface area contributed by atoms with Crippen LogP contribution in [0.3, 0.4) is 0 Å². The van der Waals surface area contributed by atoms with Crippen molar-refractivity contribution in [3.05, 3.63) is 59.7 Å². The number of aromatic nitrogens is 2. The number of ether oxygens (including phenoxy) is 1. The van der Waals surface area contributed by atoms with E-state index in [0.717, 1.165) is 0 Å². The van der Waals surface area contributed by atoms with Crippen LogP contribution >= 0.6 is 0 Å². The van der Waals surface area contributed by atoms with Gasteiger partial charge >= 0.3 is 6.09 Å². The number of benzene rings is 2. The van der Waals surface area contributed by atoms with Gasteiger partial charge in [0.25, 0.3) is 0 Å². The summed E-state index contributed by atoms with van der Waals surface area (Å²) in [5, 5.41) is 2.20. The molecule has 1 heterocycles. The van der Waals surface area contributed by atoms with Crippen molar-refractivity contribution >= 4 is 28.9 Å². The lowest BCUT2D eigenvalue weighted by Gasteiger charge is -2.00. The van der Waals surface area contributed by atoms with Crippen molar-refractivity contribution in [1.29, 1.82) is 0 Å². The minimum atomic E-state index is -2.84. The third-order valence-electron chi connectivity index (χ3n) is 3.09. The van der Waals surface area contributed by atoms with E-state index in [1.54, 1.807) is 42.5 Å². The molecule has 22 heavy (non-hydrogen) atoms. The van der Waals surface area contributed by atoms with Gasteiger partial charge in [-0.1, -0.05) is 30.3 Å². The highest BCUT2D eigenvalue weighted by molar-refractivity contribution is 6.10. The van der Waals surface area contributed by atoms with E-state index >= 15 is 0 Å². The maximum Gasteiger partial charge on any atom is 0.413 e. The third-order valence-corrected chi connectivity index (χ3v) is 3.09. The van der Waals surface area contributed by atoms with Crippen molar-refractivity contribution in [2.75, 3.05) is 12.4 Å². The number of ketones is 1. The van der Waals surface area contributed by atoms with Gasteiger partial charge in [0.05, 0.1) is 22.2 Å². The molecule has 1 amide bonds. The molecule has 0 aliphatic rings. The lowest BCUT2D eigenvalue weighted by atomic mass is 10.0. The molecule has 6 heteroatoms. The summed E-state index contributed by atoms with van der Waals surface area (Å²) in [6, 6.07) is 13.7. The monoisotopic (exact) mass is 298 g/mol. The normalized spacial score (nSPS) is 13.0. The van der Waals surface area contributed by atoms with Crippen LogP contribution in [0.4, 0.5) is 10.7 Å². The minimum Gasteiger partial charge on any atom is -0.453 e. The number of carbonyl (C=O) groups excluding carboxylic acids is 2. The number of fused-ring (bicyclic) bond motifs is 1. The van der Waals surface area contributed by atoms with Gasteiger partial charge in [0.2, 0.25) is 5.95 Å². The maximum atomic E-state index is 12.4. The summed E-state index contributed by atoms with van der Waals surface area (Å²) >= 11 is 0. The molecule has 6 nitrogen and oxygen atoms in total. The highest BCUT2D eigenvalue weighted by Crippen LogP contribution is 2.18. The Morgan fingerprint density at radius 1 is 1.18 bits per heavy atom. The molecule has 0 radical (unpaired) electrons. The number of anilines is 1. The Kier molecular flexibility index (Phi) is 2.73. The number of hydrogen-bond acceptors (Lipinski definition) is 4. The van der Waals surface area contributed by atoms with Gasteiger partial charge in [0.1, 0.15) is 0 Å². The summed E-state index contributed by atoms with van der Waals surface area (Å²) in [4.78, 5) is 30.8. The Bertz CT molecular complexity index is 936. The lowest BCUT2D eigenvalue weighted by Crippen LogP contribution is -2.11. The van der Waals surface area contributed by atoms with Crippen LogP contribution in [0.2, 0.25) is 0 Å². The average molecular weight is 298 g/mol. The van der Waals surface area contributed by atoms with Gasteiger partial charge in [-0.25, -0.2) is 9.78 Å². The van der Waals surface area contributed by atoms with E-state index in [0.29, 0.717) is 22.2 Å². The highest BCUT2D eigenvalue weighted by atomic mass is 16.5. The quantitative estimate of drug-likeness (QED) is 0.728. The van der Waals surface area contributed by atoms with Gasteiger partial charge in [0, 0.05) is 11.1 Å². The molecular formula is C16H13N3O3. The van der Waals surface area contributed by atoms with Gasteiger partial charge in [-0.05, 0) is 18.2 Å². The van der Waals surface area contributed by atoms with Crippen LogP contribution in [-0.4, -0.2) is 28.9 Å². The number of carbonyl (C=O) groups is 2. The zero-order valence-electron chi connectivity index (χ0n) is 14.3. The predicted octanol–water partition coefficient (Wildman–Crippen LogP) is 2.97. The molecule has 0 aliphatic carbocycles. The summed E-state index contributed by atoms with van der Waals surface area (Å²) in [7, 11) is -2.84. The molecular weight excluding hydrogens is 282 g/mol. The van der Waals surface area contributed by atoms with Crippen molar-refractivity contribution in [1.82, 2.24) is 9.97 Å². The van der Waals surface area contributed by atoms with Crippen molar-refractivity contribution in [3.8, 4) is 0 Å². The number of rotatable bonds is 3. The molecule has 3 aromatic rings. The van der Waals surface area contributed by atoms with Gasteiger partial charge in [-0.2, -0.15) is 0 Å². The number of hydrogen-bond donors (Lipinski definition) is 2. The summed E-state index contributed by atoms with van der Waals surface area (Å²) in [6.45, 7) is 0. The summed E-state index contributed by atoms with van der Waals surface area (Å²) in [6.07, 6.45) is -1.15. The molecule has 0 saturated carbocycles. The Morgan fingerprint density at radius 2 is 2.00 bits per heavy atom. The van der Waals surface area contributed by atoms with E-state index in [-0.39, 0.29) is 11.7 Å². The lowest BCUT2D eigenvalue weighted by molar-refractivity contribution is 0.103. The summed E-state index contributed by atoms with van der Waals surface area (Å²) in [5.74, 6) is -0.123. The number of H-pyrrole nitrogens is 1. The number of nitrogens with one attached hydrogen (secondary N) is 2. The molecule has 1 aromatic heterocycles. The number of nitrogens with zero attached hydrogens (tertiary/aromatic N) is 1. The molecule has 2 aromatic carbocycles. The first-order valence-electron chi connectivity index (χ1n) is 7.91. The second-order valence-electron chi connectivity index (χ2n) is 4.53. The van der Waals surface area contributed by atoms with Crippen LogP contribution < -0.4 is 5.32 Å². The number of amides is 1. The summed E-state index contributed by atoms with van der Waals surface area (Å²) in [5.41, 5.74) is 2.04. The highest BCUT2D eigenvalue weighted by Gasteiger charge is 2.12. The van der Waals surface area contributed by atoms with E-state index in [4.69, 9.17) is 4.11 Å². The third kappa shape index (κ3) is 2.67. The standard InChI is InChI=1S/C16H13N3O3/c1-22-16(21)19-15-17-12-8-7-11(9-13(12)18-15)14(20)10-5-3-2-4-6-10/h2-9H,1H3,(H2,17,18,19,21)/i1D3. The average Bonchev–Trinajstić information content (AvgIpc) is 2.94. The van der Waals surface area contributed by atoms with Crippen molar-refractivity contribution in [2.45, 2.75) is 0 Å². The topological polar surface area (TPSA) is 84.1 Å². The van der Waals surface area contributed by atoms with Crippen molar-refractivity contribution < 1.29 is 18.4 Å². The molecule has 110 valence electrons. The number of aromatic amines is 1. The van der Waals surface area contributed by atoms with Gasteiger partial charge in [-0.15, -0.1) is 0 Å². The van der Waals surface area contributed by atoms with E-state index in [1.807, 2.05) is 6.07 Å². The molecule has 2 N–H and O–H groups in total. The second-order valence-corrected chi connectivity index (χ2v) is 4.53. The van der Waals surface area contributed by atoms with Crippen LogP contribution in [0.25, 0.3) is 11.0 Å². The first-order chi connectivity index (χ1) is 11.8. The van der Waals surface area contributed by atoms with Crippen LogP contribution in [0.5, 0.6) is 0 Å². The Labute approximate surface area is 130 Å². The zero-order valence-corrected chi connectivity index (χ0v) is 11.3. The summed E-state index contributed by atoms with van der Waals surface area (Å²) < 4.78 is 24.8. The molecule has 0 fully saturated rings. The fraction of sp³-hybridized carbons (Fsp3) is 0.0625. The Morgan fingerprint density at radius 3 is 2.77 bits per heavy atom. The van der Waals surface area contributed by atoms with Crippen LogP contribution in [0, 0.1) is 0 Å². The second kappa shape index (κ2) is 5.69. The van der Waals surface area contributed by atoms with Crippen LogP contribution in [0.15, 0.2) is 48.5 Å². The van der Waals surface area contributed by atoms with E-state index in [1.165, 1.54) is 0 Å². The largest absolute Gasteiger partial charge is 0.453 e. The van der Waals surface area contributed by atoms with Crippen molar-refractivity contribution in [3.63, 3.8) is 0 Å². The molecule has 0 unspecified atom stereocenters. The first-order valence-corrected chi connectivity index (χ1v) is 6.41. The number of methoxy groups -OCH3 is 1. The fourth-order valence-corrected chi connectivity index (χ4v) is 2.09. The first kappa shape index (κ1) is 10.6. The van der Waals surface area contributed by atoms with Gasteiger partial charge in [0.15, 0.2) is 5.78 Å². The fourth-order valence-electron chi connectivity index (χ4n) is 2.09. The predicted molar refractivity (Wildman–Crippen MR) is 82.0 cm³/mol. The van der Waals surface area contributed by atoms with E-state index in [2.05, 4.69) is 20.0 Å². The molecule has 0 atom stereocenters. The molecule has 0 aliphatic heterocycles. The molecule has 0 spiro atoms. The van der Waals surface area contributed by atoms with Crippen LogP contribution in [0.1, 0.15) is 20.0 Å². The SMILES string of the molecule is [2H]C([2H])([2H])OC(=O)Nc1nc2ccc(C(=O)c3ccccc3)cc2[nH]1. The van der Waals surface area contributed by atoms with Crippen molar-refractivity contribution in [2.24, 2.45) is 0 Å². The smallest absolute Gasteiger partial charge is 0.413 e. The van der Waals surface area contributed by atoms with Gasteiger partial charge < -0.3 is 9.72 Å². The van der Waals surface area contributed by atoms with Gasteiger partial charge in [-0.3, -0.25) is 10.1 Å². The molecule has 0 bridgehead atoms. The van der Waals surface area contributed by atoms with E-state index in [9.17, 15) is 9.59 Å². The number of imidazole rings is 1. The van der Waals surface area contributed by atoms with Crippen LogP contribution in [-0.2, 0) is 4.74 Å². The minimum absolute atomic E-state index is 0.0218. The molecule has 0 saturated heterocycles. The molecule has 3 rings (SSSR count). The Balaban J connectivity index is 1.82. The zero-order chi connectivity index (χ0) is 18.0.